The summed E-state index contributed by atoms with van der Waals surface area (Å²) in [6.07, 6.45) is 1.92. The summed E-state index contributed by atoms with van der Waals surface area (Å²) in [5.41, 5.74) is 0.211. The first-order valence-electron chi connectivity index (χ1n) is 8.75. The Hall–Kier alpha value is -2.74. The molecule has 1 fully saturated rings. The lowest BCUT2D eigenvalue weighted by atomic mass is 10.2. The number of likely N-dealkylation sites (tertiary alicyclic amines) is 1. The Labute approximate surface area is 158 Å². The number of halogens is 1. The molecule has 1 aliphatic heterocycles. The normalized spacial score (nSPS) is 14.2. The van der Waals surface area contributed by atoms with Crippen molar-refractivity contribution in [1.29, 1.82) is 0 Å². The number of aromatic nitrogens is 2. The molecule has 0 aliphatic carbocycles. The van der Waals surface area contributed by atoms with Crippen molar-refractivity contribution >= 4 is 27.5 Å². The van der Waals surface area contributed by atoms with E-state index in [0.29, 0.717) is 34.6 Å². The standard InChI is InChI=1S/C19H18FN3O3S/c1-12-10-13(20)4-5-14(12)23-18(25)17-15(6-9-27-17)22(19(23)26)11-16(24)21-7-2-3-8-21/h4-6,9-10H,2-3,7-8,11H2,1H3. The van der Waals surface area contributed by atoms with Gasteiger partial charge >= 0.3 is 5.69 Å². The van der Waals surface area contributed by atoms with Crippen LogP contribution in [0.5, 0.6) is 0 Å². The molecule has 27 heavy (non-hydrogen) atoms. The highest BCUT2D eigenvalue weighted by molar-refractivity contribution is 7.17. The van der Waals surface area contributed by atoms with Gasteiger partial charge in [0.05, 0.1) is 11.2 Å². The molecule has 6 nitrogen and oxygen atoms in total. The topological polar surface area (TPSA) is 64.3 Å². The maximum Gasteiger partial charge on any atom is 0.336 e. The Kier molecular flexibility index (Phi) is 4.43. The summed E-state index contributed by atoms with van der Waals surface area (Å²) in [5.74, 6) is -0.575. The Bertz CT molecular complexity index is 1160. The van der Waals surface area contributed by atoms with Crippen molar-refractivity contribution in [3.63, 3.8) is 0 Å². The van der Waals surface area contributed by atoms with E-state index in [1.54, 1.807) is 23.3 Å². The summed E-state index contributed by atoms with van der Waals surface area (Å²) in [6.45, 7) is 2.91. The molecular formula is C19H18FN3O3S. The summed E-state index contributed by atoms with van der Waals surface area (Å²) < 4.78 is 16.2. The fourth-order valence-corrected chi connectivity index (χ4v) is 4.35. The first-order valence-corrected chi connectivity index (χ1v) is 9.62. The number of carbonyl (C=O) groups is 1. The van der Waals surface area contributed by atoms with Crippen molar-refractivity contribution in [3.05, 3.63) is 61.9 Å². The van der Waals surface area contributed by atoms with E-state index in [4.69, 9.17) is 0 Å². The van der Waals surface area contributed by atoms with Gasteiger partial charge in [0.2, 0.25) is 5.91 Å². The van der Waals surface area contributed by atoms with E-state index in [-0.39, 0.29) is 12.5 Å². The van der Waals surface area contributed by atoms with E-state index >= 15 is 0 Å². The number of benzene rings is 1. The first-order chi connectivity index (χ1) is 13.0. The van der Waals surface area contributed by atoms with Crippen LogP contribution in [-0.4, -0.2) is 33.0 Å². The third-order valence-corrected chi connectivity index (χ3v) is 5.80. The molecule has 2 aromatic heterocycles. The molecule has 1 aliphatic rings. The van der Waals surface area contributed by atoms with E-state index in [2.05, 4.69) is 0 Å². The number of nitrogens with zero attached hydrogens (tertiary/aromatic N) is 3. The van der Waals surface area contributed by atoms with Crippen molar-refractivity contribution in [2.24, 2.45) is 0 Å². The largest absolute Gasteiger partial charge is 0.341 e. The first kappa shape index (κ1) is 17.7. The lowest BCUT2D eigenvalue weighted by molar-refractivity contribution is -0.130. The zero-order chi connectivity index (χ0) is 19.1. The molecule has 0 saturated carbocycles. The molecule has 0 radical (unpaired) electrons. The van der Waals surface area contributed by atoms with Gasteiger partial charge in [0.1, 0.15) is 17.1 Å². The fraction of sp³-hybridized carbons (Fsp3) is 0.316. The van der Waals surface area contributed by atoms with Crippen LogP contribution in [0.25, 0.3) is 15.9 Å². The minimum absolute atomic E-state index is 0.118. The van der Waals surface area contributed by atoms with E-state index in [1.165, 1.54) is 34.1 Å². The van der Waals surface area contributed by atoms with E-state index in [1.807, 2.05) is 0 Å². The average Bonchev–Trinajstić information content (AvgIpc) is 3.32. The molecule has 1 amide bonds. The van der Waals surface area contributed by atoms with E-state index < -0.39 is 17.1 Å². The number of thiophene rings is 1. The van der Waals surface area contributed by atoms with Crippen molar-refractivity contribution < 1.29 is 9.18 Å². The number of rotatable bonds is 3. The Morgan fingerprint density at radius 1 is 1.19 bits per heavy atom. The molecule has 4 rings (SSSR count). The van der Waals surface area contributed by atoms with Crippen LogP contribution in [0.3, 0.4) is 0 Å². The molecule has 140 valence electrons. The smallest absolute Gasteiger partial charge is 0.336 e. The molecule has 0 spiro atoms. The van der Waals surface area contributed by atoms with Crippen LogP contribution in [0.2, 0.25) is 0 Å². The minimum atomic E-state index is -0.590. The van der Waals surface area contributed by atoms with E-state index in [9.17, 15) is 18.8 Å². The zero-order valence-corrected chi connectivity index (χ0v) is 15.6. The molecule has 3 aromatic rings. The van der Waals surface area contributed by atoms with Gasteiger partial charge in [-0.2, -0.15) is 0 Å². The summed E-state index contributed by atoms with van der Waals surface area (Å²) >= 11 is 1.22. The van der Waals surface area contributed by atoms with Crippen LogP contribution in [-0.2, 0) is 11.3 Å². The van der Waals surface area contributed by atoms with Gasteiger partial charge in [-0.15, -0.1) is 11.3 Å². The second-order valence-corrected chi connectivity index (χ2v) is 7.58. The van der Waals surface area contributed by atoms with E-state index in [0.717, 1.165) is 17.4 Å². The van der Waals surface area contributed by atoms with Gasteiger partial charge in [-0.05, 0) is 55.0 Å². The van der Waals surface area contributed by atoms with Crippen LogP contribution in [0, 0.1) is 12.7 Å². The van der Waals surface area contributed by atoms with Gasteiger partial charge in [-0.25, -0.2) is 13.8 Å². The molecule has 8 heteroatoms. The third-order valence-electron chi connectivity index (χ3n) is 4.91. The van der Waals surface area contributed by atoms with Crippen molar-refractivity contribution in [2.45, 2.75) is 26.3 Å². The number of fused-ring (bicyclic) bond motifs is 1. The Morgan fingerprint density at radius 2 is 1.93 bits per heavy atom. The summed E-state index contributed by atoms with van der Waals surface area (Å²) in [7, 11) is 0. The second-order valence-electron chi connectivity index (χ2n) is 6.66. The van der Waals surface area contributed by atoms with Crippen LogP contribution in [0.15, 0.2) is 39.2 Å². The quantitative estimate of drug-likeness (QED) is 0.693. The monoisotopic (exact) mass is 387 g/mol. The van der Waals surface area contributed by atoms with Crippen molar-refractivity contribution in [1.82, 2.24) is 14.0 Å². The van der Waals surface area contributed by atoms with Crippen LogP contribution in [0.4, 0.5) is 4.39 Å². The molecule has 0 atom stereocenters. The van der Waals surface area contributed by atoms with Crippen molar-refractivity contribution in [2.75, 3.05) is 13.1 Å². The van der Waals surface area contributed by atoms with Crippen molar-refractivity contribution in [3.8, 4) is 5.69 Å². The van der Waals surface area contributed by atoms with Gasteiger partial charge < -0.3 is 4.90 Å². The van der Waals surface area contributed by atoms with Gasteiger partial charge in [-0.1, -0.05) is 0 Å². The minimum Gasteiger partial charge on any atom is -0.341 e. The summed E-state index contributed by atoms with van der Waals surface area (Å²) in [6, 6.07) is 5.59. The number of carbonyl (C=O) groups excluding carboxylic acids is 1. The average molecular weight is 387 g/mol. The highest BCUT2D eigenvalue weighted by Gasteiger charge is 2.22. The van der Waals surface area contributed by atoms with Gasteiger partial charge in [-0.3, -0.25) is 14.2 Å². The predicted molar refractivity (Wildman–Crippen MR) is 102 cm³/mol. The van der Waals surface area contributed by atoms with Crippen LogP contribution < -0.4 is 11.2 Å². The molecule has 0 unspecified atom stereocenters. The molecule has 3 heterocycles. The van der Waals surface area contributed by atoms with Crippen LogP contribution in [0.1, 0.15) is 18.4 Å². The lowest BCUT2D eigenvalue weighted by Crippen LogP contribution is -2.42. The molecular weight excluding hydrogens is 369 g/mol. The summed E-state index contributed by atoms with van der Waals surface area (Å²) in [5, 5.41) is 1.73. The maximum absolute atomic E-state index is 13.5. The number of hydrogen-bond acceptors (Lipinski definition) is 4. The van der Waals surface area contributed by atoms with Gasteiger partial charge in [0.15, 0.2) is 0 Å². The second kappa shape index (κ2) is 6.77. The lowest BCUT2D eigenvalue weighted by Gasteiger charge is -2.18. The molecule has 0 N–H and O–H groups in total. The molecule has 1 saturated heterocycles. The maximum atomic E-state index is 13.5. The number of aryl methyl sites for hydroxylation is 1. The van der Waals surface area contributed by atoms with Gasteiger partial charge in [0, 0.05) is 13.1 Å². The highest BCUT2D eigenvalue weighted by Crippen LogP contribution is 2.19. The fourth-order valence-electron chi connectivity index (χ4n) is 3.52. The Balaban J connectivity index is 1.91. The summed E-state index contributed by atoms with van der Waals surface area (Å²) in [4.78, 5) is 40.4. The molecule has 1 aromatic carbocycles. The number of hydrogen-bond donors (Lipinski definition) is 0. The molecule has 0 bridgehead atoms. The SMILES string of the molecule is Cc1cc(F)ccc1-n1c(=O)c2sccc2n(CC(=O)N2CCCC2)c1=O. The van der Waals surface area contributed by atoms with Crippen LogP contribution >= 0.6 is 11.3 Å². The third kappa shape index (κ3) is 2.99. The Morgan fingerprint density at radius 3 is 2.63 bits per heavy atom. The number of amides is 1. The highest BCUT2D eigenvalue weighted by atomic mass is 32.1. The zero-order valence-electron chi connectivity index (χ0n) is 14.8. The van der Waals surface area contributed by atoms with Gasteiger partial charge in [0.25, 0.3) is 5.56 Å². The predicted octanol–water partition coefficient (Wildman–Crippen LogP) is 2.28.